The van der Waals surface area contributed by atoms with Crippen LogP contribution in [0.2, 0.25) is 0 Å². The van der Waals surface area contributed by atoms with Crippen LogP contribution in [-0.2, 0) is 7.05 Å². The van der Waals surface area contributed by atoms with Crippen LogP contribution < -0.4 is 0 Å². The summed E-state index contributed by atoms with van der Waals surface area (Å²) >= 11 is 0. The first-order valence-electron chi connectivity index (χ1n) is 6.38. The first-order chi connectivity index (χ1) is 9.15. The van der Waals surface area contributed by atoms with Gasteiger partial charge in [0.05, 0.1) is 17.5 Å². The lowest BCUT2D eigenvalue weighted by Gasteiger charge is -2.07. The van der Waals surface area contributed by atoms with Crippen molar-refractivity contribution in [2.24, 2.45) is 7.05 Å². The van der Waals surface area contributed by atoms with Crippen LogP contribution in [0.3, 0.4) is 0 Å². The van der Waals surface area contributed by atoms with Crippen molar-refractivity contribution in [3.63, 3.8) is 0 Å². The van der Waals surface area contributed by atoms with Crippen molar-refractivity contribution in [2.45, 2.75) is 19.8 Å². The molecule has 3 rings (SSSR count). The highest BCUT2D eigenvalue weighted by Crippen LogP contribution is 2.23. The molecule has 0 spiro atoms. The maximum atomic E-state index is 4.44. The molecule has 0 bridgehead atoms. The molecule has 3 aromatic rings. The standard InChI is InChI=1S/C15H16N4/c1-10(2)11-4-5-16-13(6-11)12-7-14-15(17-8-12)18-9-19(14)3/h4-10H,1-3H3. The summed E-state index contributed by atoms with van der Waals surface area (Å²) in [7, 11) is 1.97. The molecule has 0 radical (unpaired) electrons. The molecule has 0 fully saturated rings. The third-order valence-corrected chi connectivity index (χ3v) is 3.33. The molecule has 0 saturated carbocycles. The number of fused-ring (bicyclic) bond motifs is 1. The van der Waals surface area contributed by atoms with Crippen molar-refractivity contribution in [1.29, 1.82) is 0 Å². The molecule has 0 aliphatic heterocycles. The van der Waals surface area contributed by atoms with Gasteiger partial charge in [-0.15, -0.1) is 0 Å². The number of aryl methyl sites for hydroxylation is 1. The van der Waals surface area contributed by atoms with Crippen molar-refractivity contribution in [3.05, 3.63) is 42.5 Å². The van der Waals surface area contributed by atoms with Gasteiger partial charge in [0.2, 0.25) is 0 Å². The van der Waals surface area contributed by atoms with Crippen molar-refractivity contribution < 1.29 is 0 Å². The highest BCUT2D eigenvalue weighted by Gasteiger charge is 2.07. The lowest BCUT2D eigenvalue weighted by atomic mass is 10.0. The molecule has 3 aromatic heterocycles. The van der Waals surface area contributed by atoms with Gasteiger partial charge in [0.1, 0.15) is 0 Å². The highest BCUT2D eigenvalue weighted by molar-refractivity contribution is 5.77. The van der Waals surface area contributed by atoms with Crippen molar-refractivity contribution >= 4 is 11.2 Å². The fourth-order valence-electron chi connectivity index (χ4n) is 2.11. The number of hydrogen-bond donors (Lipinski definition) is 0. The fourth-order valence-corrected chi connectivity index (χ4v) is 2.11. The Morgan fingerprint density at radius 1 is 1.11 bits per heavy atom. The monoisotopic (exact) mass is 252 g/mol. The molecule has 0 atom stereocenters. The Hall–Kier alpha value is -2.23. The smallest absolute Gasteiger partial charge is 0.177 e. The van der Waals surface area contributed by atoms with E-state index >= 15 is 0 Å². The van der Waals surface area contributed by atoms with Crippen LogP contribution >= 0.6 is 0 Å². The Morgan fingerprint density at radius 3 is 2.74 bits per heavy atom. The number of nitrogens with zero attached hydrogens (tertiary/aromatic N) is 4. The summed E-state index contributed by atoms with van der Waals surface area (Å²) < 4.78 is 1.97. The molecule has 3 heterocycles. The molecular formula is C15H16N4. The second kappa shape index (κ2) is 4.46. The Morgan fingerprint density at radius 2 is 1.95 bits per heavy atom. The summed E-state index contributed by atoms with van der Waals surface area (Å²) in [5.74, 6) is 0.496. The average Bonchev–Trinajstić information content (AvgIpc) is 2.80. The molecule has 4 nitrogen and oxygen atoms in total. The van der Waals surface area contributed by atoms with Crippen LogP contribution in [0.5, 0.6) is 0 Å². The Balaban J connectivity index is 2.13. The van der Waals surface area contributed by atoms with Crippen LogP contribution in [0, 0.1) is 0 Å². The summed E-state index contributed by atoms with van der Waals surface area (Å²) in [5, 5.41) is 0. The largest absolute Gasteiger partial charge is 0.332 e. The second-order valence-corrected chi connectivity index (χ2v) is 5.05. The van der Waals surface area contributed by atoms with Gasteiger partial charge in [-0.05, 0) is 29.7 Å². The minimum Gasteiger partial charge on any atom is -0.332 e. The van der Waals surface area contributed by atoms with Gasteiger partial charge in [0, 0.05) is 25.0 Å². The van der Waals surface area contributed by atoms with E-state index in [-0.39, 0.29) is 0 Å². The van der Waals surface area contributed by atoms with E-state index in [4.69, 9.17) is 0 Å². The zero-order valence-electron chi connectivity index (χ0n) is 11.3. The van der Waals surface area contributed by atoms with E-state index in [0.29, 0.717) is 5.92 Å². The van der Waals surface area contributed by atoms with Gasteiger partial charge in [-0.2, -0.15) is 0 Å². The Kier molecular flexibility index (Phi) is 2.78. The van der Waals surface area contributed by atoms with Gasteiger partial charge in [-0.3, -0.25) is 4.98 Å². The van der Waals surface area contributed by atoms with Crippen molar-refractivity contribution in [2.75, 3.05) is 0 Å². The van der Waals surface area contributed by atoms with Gasteiger partial charge in [0.25, 0.3) is 0 Å². The topological polar surface area (TPSA) is 43.6 Å². The number of rotatable bonds is 2. The normalized spacial score (nSPS) is 11.4. The summed E-state index contributed by atoms with van der Waals surface area (Å²) in [5.41, 5.74) is 5.07. The van der Waals surface area contributed by atoms with Crippen molar-refractivity contribution in [1.82, 2.24) is 19.5 Å². The number of pyridine rings is 2. The van der Waals surface area contributed by atoms with E-state index in [2.05, 4.69) is 47.0 Å². The number of hydrogen-bond acceptors (Lipinski definition) is 3. The van der Waals surface area contributed by atoms with Gasteiger partial charge >= 0.3 is 0 Å². The quantitative estimate of drug-likeness (QED) is 0.703. The molecule has 0 saturated heterocycles. The fraction of sp³-hybridized carbons (Fsp3) is 0.267. The second-order valence-electron chi connectivity index (χ2n) is 5.05. The van der Waals surface area contributed by atoms with E-state index in [1.165, 1.54) is 5.56 Å². The summed E-state index contributed by atoms with van der Waals surface area (Å²) in [6.45, 7) is 4.36. The zero-order valence-corrected chi connectivity index (χ0v) is 11.3. The maximum Gasteiger partial charge on any atom is 0.177 e. The SMILES string of the molecule is CC(C)c1ccnc(-c2cnc3ncn(C)c3c2)c1. The molecular weight excluding hydrogens is 236 g/mol. The number of aromatic nitrogens is 4. The third kappa shape index (κ3) is 2.10. The first-order valence-corrected chi connectivity index (χ1v) is 6.38. The molecule has 0 aliphatic rings. The summed E-state index contributed by atoms with van der Waals surface area (Å²) in [6, 6.07) is 6.27. The van der Waals surface area contributed by atoms with E-state index < -0.39 is 0 Å². The van der Waals surface area contributed by atoms with E-state index in [1.54, 1.807) is 6.33 Å². The molecule has 96 valence electrons. The predicted molar refractivity (Wildman–Crippen MR) is 75.8 cm³/mol. The summed E-state index contributed by atoms with van der Waals surface area (Å²) in [6.07, 6.45) is 5.47. The zero-order chi connectivity index (χ0) is 13.4. The van der Waals surface area contributed by atoms with E-state index in [9.17, 15) is 0 Å². The van der Waals surface area contributed by atoms with Gasteiger partial charge in [-0.1, -0.05) is 13.8 Å². The van der Waals surface area contributed by atoms with Crippen LogP contribution in [0.1, 0.15) is 25.3 Å². The molecule has 19 heavy (non-hydrogen) atoms. The average molecular weight is 252 g/mol. The minimum absolute atomic E-state index is 0.496. The molecule has 0 N–H and O–H groups in total. The Bertz CT molecular complexity index is 728. The molecule has 0 amide bonds. The molecule has 0 unspecified atom stereocenters. The van der Waals surface area contributed by atoms with Gasteiger partial charge in [-0.25, -0.2) is 9.97 Å². The molecule has 4 heteroatoms. The molecule has 0 aliphatic carbocycles. The number of imidazole rings is 1. The van der Waals surface area contributed by atoms with Crippen LogP contribution in [-0.4, -0.2) is 19.5 Å². The highest BCUT2D eigenvalue weighted by atomic mass is 15.1. The third-order valence-electron chi connectivity index (χ3n) is 3.33. The first kappa shape index (κ1) is 11.8. The maximum absolute atomic E-state index is 4.44. The lowest BCUT2D eigenvalue weighted by Crippen LogP contribution is -1.92. The predicted octanol–water partition coefficient (Wildman–Crippen LogP) is 3.15. The van der Waals surface area contributed by atoms with E-state index in [0.717, 1.165) is 22.4 Å². The lowest BCUT2D eigenvalue weighted by molar-refractivity contribution is 0.863. The van der Waals surface area contributed by atoms with Crippen LogP contribution in [0.15, 0.2) is 36.9 Å². The van der Waals surface area contributed by atoms with Crippen LogP contribution in [0.25, 0.3) is 22.4 Å². The molecule has 0 aromatic carbocycles. The van der Waals surface area contributed by atoms with Gasteiger partial charge in [0.15, 0.2) is 5.65 Å². The van der Waals surface area contributed by atoms with Crippen molar-refractivity contribution in [3.8, 4) is 11.3 Å². The van der Waals surface area contributed by atoms with Gasteiger partial charge < -0.3 is 4.57 Å². The minimum atomic E-state index is 0.496. The van der Waals surface area contributed by atoms with Crippen LogP contribution in [0.4, 0.5) is 0 Å². The summed E-state index contributed by atoms with van der Waals surface area (Å²) in [4.78, 5) is 13.1. The Labute approximate surface area is 112 Å². The van der Waals surface area contributed by atoms with E-state index in [1.807, 2.05) is 24.0 Å².